The predicted octanol–water partition coefficient (Wildman–Crippen LogP) is 4.24. The van der Waals surface area contributed by atoms with Crippen molar-refractivity contribution in [1.29, 1.82) is 5.26 Å². The number of hydrogen-bond donors (Lipinski definition) is 0. The molecule has 0 aromatic heterocycles. The van der Waals surface area contributed by atoms with Gasteiger partial charge in [0.1, 0.15) is 5.92 Å². The SMILES string of the molecule is C[C@H]1CN(Cc2ccccc2)C(=O)[C@@H](C#N)[C@@H]1c1ccc(Cl)cc1. The molecule has 0 radical (unpaired) electrons. The number of nitriles is 1. The quantitative estimate of drug-likeness (QED) is 0.840. The van der Waals surface area contributed by atoms with Crippen molar-refractivity contribution in [1.82, 2.24) is 4.90 Å². The van der Waals surface area contributed by atoms with Gasteiger partial charge in [-0.15, -0.1) is 0 Å². The van der Waals surface area contributed by atoms with Gasteiger partial charge in [0.25, 0.3) is 0 Å². The molecule has 122 valence electrons. The standard InChI is InChI=1S/C20H19ClN2O/c1-14-12-23(13-15-5-3-2-4-6-15)20(24)18(11-22)19(14)16-7-9-17(21)10-8-16/h2-10,14,18-19H,12-13H2,1H3/t14-,18-,19-/m0/s1. The van der Waals surface area contributed by atoms with Crippen LogP contribution in [-0.4, -0.2) is 17.4 Å². The molecular weight excluding hydrogens is 320 g/mol. The third kappa shape index (κ3) is 3.29. The van der Waals surface area contributed by atoms with E-state index in [-0.39, 0.29) is 17.7 Å². The van der Waals surface area contributed by atoms with Crippen LogP contribution >= 0.6 is 11.6 Å². The lowest BCUT2D eigenvalue weighted by molar-refractivity contribution is -0.139. The molecule has 2 aromatic carbocycles. The van der Waals surface area contributed by atoms with E-state index in [0.29, 0.717) is 18.1 Å². The van der Waals surface area contributed by atoms with Crippen molar-refractivity contribution in [3.05, 3.63) is 70.7 Å². The number of rotatable bonds is 3. The zero-order valence-corrected chi connectivity index (χ0v) is 14.3. The van der Waals surface area contributed by atoms with Crippen molar-refractivity contribution in [3.8, 4) is 6.07 Å². The summed E-state index contributed by atoms with van der Waals surface area (Å²) >= 11 is 5.96. The third-order valence-corrected chi connectivity index (χ3v) is 4.92. The van der Waals surface area contributed by atoms with E-state index in [1.54, 1.807) is 4.90 Å². The lowest BCUT2D eigenvalue weighted by Crippen LogP contribution is -2.47. The van der Waals surface area contributed by atoms with E-state index in [4.69, 9.17) is 11.6 Å². The molecule has 24 heavy (non-hydrogen) atoms. The normalized spacial score (nSPS) is 23.8. The molecular formula is C20H19ClN2O. The van der Waals surface area contributed by atoms with Crippen LogP contribution < -0.4 is 0 Å². The lowest BCUT2D eigenvalue weighted by Gasteiger charge is -2.39. The molecule has 0 saturated carbocycles. The Hall–Kier alpha value is -2.31. The van der Waals surface area contributed by atoms with Gasteiger partial charge >= 0.3 is 0 Å². The fraction of sp³-hybridized carbons (Fsp3) is 0.300. The summed E-state index contributed by atoms with van der Waals surface area (Å²) in [5, 5.41) is 10.3. The minimum atomic E-state index is -0.654. The Bertz CT molecular complexity index is 751. The van der Waals surface area contributed by atoms with Crippen LogP contribution in [0.15, 0.2) is 54.6 Å². The Morgan fingerprint density at radius 2 is 1.83 bits per heavy atom. The monoisotopic (exact) mass is 338 g/mol. The fourth-order valence-electron chi connectivity index (χ4n) is 3.52. The smallest absolute Gasteiger partial charge is 0.240 e. The molecule has 1 heterocycles. The van der Waals surface area contributed by atoms with Gasteiger partial charge in [-0.2, -0.15) is 5.26 Å². The summed E-state index contributed by atoms with van der Waals surface area (Å²) in [6, 6.07) is 19.6. The van der Waals surface area contributed by atoms with Gasteiger partial charge in [-0.05, 0) is 29.2 Å². The van der Waals surface area contributed by atoms with Crippen molar-refractivity contribution in [2.75, 3.05) is 6.54 Å². The fourth-order valence-corrected chi connectivity index (χ4v) is 3.64. The van der Waals surface area contributed by atoms with Crippen molar-refractivity contribution < 1.29 is 4.79 Å². The summed E-state index contributed by atoms with van der Waals surface area (Å²) in [5.74, 6) is -0.623. The average molecular weight is 339 g/mol. The van der Waals surface area contributed by atoms with E-state index in [1.807, 2.05) is 54.6 Å². The molecule has 0 bridgehead atoms. The largest absolute Gasteiger partial charge is 0.337 e. The first-order valence-electron chi connectivity index (χ1n) is 8.08. The number of likely N-dealkylation sites (tertiary alicyclic amines) is 1. The molecule has 1 amide bonds. The van der Waals surface area contributed by atoms with E-state index in [9.17, 15) is 10.1 Å². The molecule has 0 aliphatic carbocycles. The van der Waals surface area contributed by atoms with Crippen molar-refractivity contribution in [2.45, 2.75) is 19.4 Å². The topological polar surface area (TPSA) is 44.1 Å². The van der Waals surface area contributed by atoms with E-state index >= 15 is 0 Å². The maximum atomic E-state index is 12.8. The second-order valence-electron chi connectivity index (χ2n) is 6.37. The van der Waals surface area contributed by atoms with E-state index in [1.165, 1.54) is 0 Å². The molecule has 3 atom stereocenters. The predicted molar refractivity (Wildman–Crippen MR) is 94.3 cm³/mol. The second kappa shape index (κ2) is 7.07. The van der Waals surface area contributed by atoms with Crippen LogP contribution in [-0.2, 0) is 11.3 Å². The summed E-state index contributed by atoms with van der Waals surface area (Å²) in [6.07, 6.45) is 0. The number of benzene rings is 2. The van der Waals surface area contributed by atoms with Gasteiger partial charge < -0.3 is 4.90 Å². The van der Waals surface area contributed by atoms with Gasteiger partial charge in [0.2, 0.25) is 5.91 Å². The van der Waals surface area contributed by atoms with Crippen LogP contribution in [0.2, 0.25) is 5.02 Å². The average Bonchev–Trinajstić information content (AvgIpc) is 2.59. The Balaban J connectivity index is 1.85. The molecule has 4 heteroatoms. The first-order chi connectivity index (χ1) is 11.6. The highest BCUT2D eigenvalue weighted by molar-refractivity contribution is 6.30. The van der Waals surface area contributed by atoms with Crippen LogP contribution in [0, 0.1) is 23.2 Å². The van der Waals surface area contributed by atoms with Crippen LogP contribution in [0.3, 0.4) is 0 Å². The summed E-state index contributed by atoms with van der Waals surface area (Å²) in [5.41, 5.74) is 2.09. The molecule has 1 fully saturated rings. The number of nitrogens with zero attached hydrogens (tertiary/aromatic N) is 2. The van der Waals surface area contributed by atoms with E-state index in [2.05, 4.69) is 13.0 Å². The van der Waals surface area contributed by atoms with Crippen molar-refractivity contribution >= 4 is 17.5 Å². The Kier molecular flexibility index (Phi) is 4.87. The Morgan fingerprint density at radius 3 is 2.46 bits per heavy atom. The van der Waals surface area contributed by atoms with Gasteiger partial charge in [-0.3, -0.25) is 4.79 Å². The summed E-state index contributed by atoms with van der Waals surface area (Å²) in [4.78, 5) is 14.6. The van der Waals surface area contributed by atoms with Gasteiger partial charge in [0.15, 0.2) is 0 Å². The number of carbonyl (C=O) groups is 1. The number of piperidine rings is 1. The summed E-state index contributed by atoms with van der Waals surface area (Å²) in [7, 11) is 0. The Labute approximate surface area is 147 Å². The Morgan fingerprint density at radius 1 is 1.17 bits per heavy atom. The molecule has 2 aromatic rings. The molecule has 0 spiro atoms. The maximum Gasteiger partial charge on any atom is 0.240 e. The number of halogens is 1. The minimum Gasteiger partial charge on any atom is -0.337 e. The second-order valence-corrected chi connectivity index (χ2v) is 6.80. The van der Waals surface area contributed by atoms with E-state index in [0.717, 1.165) is 11.1 Å². The zero-order chi connectivity index (χ0) is 17.1. The zero-order valence-electron chi connectivity index (χ0n) is 13.5. The molecule has 3 nitrogen and oxygen atoms in total. The molecule has 0 unspecified atom stereocenters. The number of carbonyl (C=O) groups excluding carboxylic acids is 1. The van der Waals surface area contributed by atoms with Crippen molar-refractivity contribution in [2.24, 2.45) is 11.8 Å². The molecule has 1 aliphatic rings. The van der Waals surface area contributed by atoms with Crippen LogP contribution in [0.25, 0.3) is 0 Å². The van der Waals surface area contributed by atoms with Crippen LogP contribution in [0.1, 0.15) is 24.0 Å². The van der Waals surface area contributed by atoms with Gasteiger partial charge in [0.05, 0.1) is 6.07 Å². The third-order valence-electron chi connectivity index (χ3n) is 4.67. The molecule has 0 N–H and O–H groups in total. The van der Waals surface area contributed by atoms with Gasteiger partial charge in [0, 0.05) is 24.0 Å². The van der Waals surface area contributed by atoms with Gasteiger partial charge in [-0.25, -0.2) is 0 Å². The van der Waals surface area contributed by atoms with Crippen molar-refractivity contribution in [3.63, 3.8) is 0 Å². The minimum absolute atomic E-state index is 0.0839. The molecule has 1 aliphatic heterocycles. The van der Waals surface area contributed by atoms with Gasteiger partial charge in [-0.1, -0.05) is 61.0 Å². The molecule has 1 saturated heterocycles. The number of hydrogen-bond acceptors (Lipinski definition) is 2. The first kappa shape index (κ1) is 16.5. The lowest BCUT2D eigenvalue weighted by atomic mass is 9.74. The highest BCUT2D eigenvalue weighted by Gasteiger charge is 2.41. The summed E-state index contributed by atoms with van der Waals surface area (Å²) < 4.78 is 0. The molecule has 3 rings (SSSR count). The van der Waals surface area contributed by atoms with Crippen LogP contribution in [0.5, 0.6) is 0 Å². The summed E-state index contributed by atoms with van der Waals surface area (Å²) in [6.45, 7) is 3.31. The first-order valence-corrected chi connectivity index (χ1v) is 8.45. The van der Waals surface area contributed by atoms with Crippen LogP contribution in [0.4, 0.5) is 0 Å². The highest BCUT2D eigenvalue weighted by atomic mass is 35.5. The van der Waals surface area contributed by atoms with E-state index < -0.39 is 5.92 Å². The number of amides is 1. The maximum absolute atomic E-state index is 12.8. The highest BCUT2D eigenvalue weighted by Crippen LogP contribution is 2.38.